The van der Waals surface area contributed by atoms with Crippen LogP contribution in [-0.4, -0.2) is 78.5 Å². The zero-order valence-electron chi connectivity index (χ0n) is 27.1. The molecular formula is C35H45BrN4O5. The second kappa shape index (κ2) is 12.0. The molecule has 3 fully saturated rings. The highest BCUT2D eigenvalue weighted by Gasteiger charge is 2.74. The highest BCUT2D eigenvalue weighted by molar-refractivity contribution is 9.10. The molecular weight excluding hydrogens is 636 g/mol. The van der Waals surface area contributed by atoms with Crippen molar-refractivity contribution in [3.05, 3.63) is 58.1 Å². The van der Waals surface area contributed by atoms with Crippen molar-refractivity contribution in [2.24, 2.45) is 43.8 Å². The van der Waals surface area contributed by atoms with Crippen LogP contribution in [0.15, 0.2) is 67.8 Å². The van der Waals surface area contributed by atoms with Crippen LogP contribution in [0.3, 0.4) is 0 Å². The smallest absolute Gasteiger partial charge is 0.303 e. The molecule has 0 unspecified atom stereocenters. The number of hydrogen-bond donors (Lipinski definition) is 1. The second-order valence-electron chi connectivity index (χ2n) is 14.0. The lowest BCUT2D eigenvalue weighted by Gasteiger charge is -2.59. The van der Waals surface area contributed by atoms with E-state index in [-0.39, 0.29) is 41.8 Å². The van der Waals surface area contributed by atoms with Crippen molar-refractivity contribution in [1.82, 2.24) is 5.01 Å². The molecule has 0 saturated heterocycles. The summed E-state index contributed by atoms with van der Waals surface area (Å²) in [6, 6.07) is 8.22. The summed E-state index contributed by atoms with van der Waals surface area (Å²) in [4.78, 5) is 22.8. The van der Waals surface area contributed by atoms with E-state index in [4.69, 9.17) is 24.4 Å². The number of ether oxygens (including phenoxy) is 2. The first-order valence-corrected chi connectivity index (χ1v) is 16.8. The number of carbonyl (C=O) groups excluding carboxylic acids is 1. The maximum atomic E-state index is 12.1. The molecule has 242 valence electrons. The third-order valence-electron chi connectivity index (χ3n) is 11.1. The molecule has 1 N–H and O–H groups in total. The van der Waals surface area contributed by atoms with E-state index >= 15 is 0 Å². The summed E-state index contributed by atoms with van der Waals surface area (Å²) >= 11 is 3.52. The number of hydrazone groups is 1. The van der Waals surface area contributed by atoms with Crippen LogP contribution in [0.1, 0.15) is 58.9 Å². The summed E-state index contributed by atoms with van der Waals surface area (Å²) in [5.74, 6) is 0.822. The van der Waals surface area contributed by atoms with Crippen molar-refractivity contribution in [3.8, 4) is 0 Å². The number of aliphatic hydroxyl groups is 1. The number of nitrogens with zero attached hydrogens (tertiary/aromatic N) is 4. The Kier molecular flexibility index (Phi) is 8.52. The average Bonchev–Trinajstić information content (AvgIpc) is 3.42. The van der Waals surface area contributed by atoms with Crippen molar-refractivity contribution >= 4 is 39.2 Å². The second-order valence-corrected chi connectivity index (χ2v) is 14.9. The third kappa shape index (κ3) is 5.45. The van der Waals surface area contributed by atoms with Crippen LogP contribution >= 0.6 is 15.9 Å². The minimum absolute atomic E-state index is 0.0388. The van der Waals surface area contributed by atoms with E-state index in [2.05, 4.69) is 59.2 Å². The van der Waals surface area contributed by atoms with Crippen molar-refractivity contribution in [2.75, 3.05) is 27.3 Å². The Morgan fingerprint density at radius 1 is 1.29 bits per heavy atom. The molecule has 0 radical (unpaired) electrons. The van der Waals surface area contributed by atoms with Gasteiger partial charge in [-0.05, 0) is 67.4 Å². The van der Waals surface area contributed by atoms with Gasteiger partial charge < -0.3 is 24.4 Å². The van der Waals surface area contributed by atoms with Crippen LogP contribution < -0.4 is 0 Å². The molecule has 1 heterocycles. The number of rotatable bonds is 8. The van der Waals surface area contributed by atoms with Crippen molar-refractivity contribution in [2.45, 2.75) is 77.5 Å². The molecule has 45 heavy (non-hydrogen) atoms. The predicted molar refractivity (Wildman–Crippen MR) is 178 cm³/mol. The number of oxime groups is 1. The molecule has 4 aliphatic carbocycles. The summed E-state index contributed by atoms with van der Waals surface area (Å²) in [6.45, 7) is 8.36. The molecule has 1 aliphatic heterocycles. The summed E-state index contributed by atoms with van der Waals surface area (Å²) in [5.41, 5.74) is 2.44. The minimum Gasteiger partial charge on any atom is -0.475 e. The van der Waals surface area contributed by atoms with E-state index < -0.39 is 17.1 Å². The van der Waals surface area contributed by atoms with E-state index in [1.54, 1.807) is 5.01 Å². The van der Waals surface area contributed by atoms with Gasteiger partial charge in [0.15, 0.2) is 5.90 Å². The van der Waals surface area contributed by atoms with Crippen LogP contribution in [-0.2, 0) is 25.5 Å². The fraction of sp³-hybridized carbons (Fsp3) is 0.600. The maximum Gasteiger partial charge on any atom is 0.303 e. The van der Waals surface area contributed by atoms with Crippen molar-refractivity contribution < 1.29 is 24.2 Å². The maximum absolute atomic E-state index is 12.1. The molecule has 0 bridgehead atoms. The fourth-order valence-corrected chi connectivity index (χ4v) is 9.82. The quantitative estimate of drug-likeness (QED) is 0.163. The molecule has 3 saturated carbocycles. The molecule has 5 aliphatic rings. The number of carbonyl (C=O) groups is 1. The van der Waals surface area contributed by atoms with E-state index in [0.29, 0.717) is 24.6 Å². The highest BCUT2D eigenvalue weighted by atomic mass is 79.9. The van der Waals surface area contributed by atoms with Crippen LogP contribution in [0, 0.1) is 28.6 Å². The monoisotopic (exact) mass is 680 g/mol. The zero-order valence-corrected chi connectivity index (χ0v) is 28.7. The van der Waals surface area contributed by atoms with Crippen LogP contribution in [0.2, 0.25) is 0 Å². The van der Waals surface area contributed by atoms with Gasteiger partial charge in [-0.15, -0.1) is 0 Å². The molecule has 1 aromatic rings. The molecule has 10 heteroatoms. The number of fused-ring (bicyclic) bond motifs is 7. The topological polar surface area (TPSA) is 105 Å². The summed E-state index contributed by atoms with van der Waals surface area (Å²) < 4.78 is 13.0. The molecule has 0 amide bonds. The van der Waals surface area contributed by atoms with Gasteiger partial charge in [-0.1, -0.05) is 58.7 Å². The molecule has 8 atom stereocenters. The van der Waals surface area contributed by atoms with Gasteiger partial charge in [0.1, 0.15) is 36.3 Å². The lowest BCUT2D eigenvalue weighted by atomic mass is 9.46. The van der Waals surface area contributed by atoms with Gasteiger partial charge in [0.2, 0.25) is 0 Å². The van der Waals surface area contributed by atoms with E-state index in [9.17, 15) is 9.90 Å². The standard InChI is InChI=1S/C35H45BrN4O5/c1-21-37-35(30(38-40(5)6)20-43-22(2)41)31(45-21)18-28-27-11-10-24-17-26(39-44-15-13-23-8-7-9-25(36)16-23)12-14-33(24,3)32(27)29(42)19-34(28,35)4/h7-9,12,14,16-17,27-29,31-32,42H,10-11,13,15,18-20H2,1-6H3/t27-,28-,29-,31+,32+,33-,34-,35+/m0/s1. The van der Waals surface area contributed by atoms with Crippen LogP contribution in [0.25, 0.3) is 0 Å². The Morgan fingerprint density at radius 2 is 2.09 bits per heavy atom. The highest BCUT2D eigenvalue weighted by Crippen LogP contribution is 2.69. The van der Waals surface area contributed by atoms with Crippen molar-refractivity contribution in [1.29, 1.82) is 0 Å². The first-order chi connectivity index (χ1) is 21.4. The first kappa shape index (κ1) is 32.0. The Morgan fingerprint density at radius 3 is 2.82 bits per heavy atom. The number of benzene rings is 1. The number of halogens is 1. The van der Waals surface area contributed by atoms with Crippen molar-refractivity contribution in [3.63, 3.8) is 0 Å². The summed E-state index contributed by atoms with van der Waals surface area (Å²) in [7, 11) is 3.73. The first-order valence-electron chi connectivity index (χ1n) is 16.0. The number of aliphatic imine (C=N–C) groups is 1. The Hall–Kier alpha value is -2.98. The lowest BCUT2D eigenvalue weighted by Crippen LogP contribution is -2.62. The minimum atomic E-state index is -0.820. The average molecular weight is 682 g/mol. The van der Waals surface area contributed by atoms with Crippen LogP contribution in [0.4, 0.5) is 0 Å². The van der Waals surface area contributed by atoms with E-state index in [1.165, 1.54) is 18.1 Å². The van der Waals surface area contributed by atoms with Gasteiger partial charge in [0, 0.05) is 55.6 Å². The number of aliphatic hydroxyl groups excluding tert-OH is 1. The number of allylic oxidation sites excluding steroid dienone is 4. The van der Waals surface area contributed by atoms with Gasteiger partial charge in [-0.2, -0.15) is 5.10 Å². The fourth-order valence-electron chi connectivity index (χ4n) is 9.38. The molecule has 0 aromatic heterocycles. The van der Waals surface area contributed by atoms with E-state index in [1.807, 2.05) is 39.2 Å². The van der Waals surface area contributed by atoms with Gasteiger partial charge in [0.05, 0.1) is 6.10 Å². The Bertz CT molecular complexity index is 1500. The molecule has 9 nitrogen and oxygen atoms in total. The summed E-state index contributed by atoms with van der Waals surface area (Å²) in [5, 5.41) is 23.2. The number of esters is 1. The number of hydrogen-bond acceptors (Lipinski definition) is 9. The van der Waals surface area contributed by atoms with Gasteiger partial charge >= 0.3 is 5.97 Å². The van der Waals surface area contributed by atoms with Gasteiger partial charge in [-0.3, -0.25) is 4.79 Å². The molecule has 6 rings (SSSR count). The van der Waals surface area contributed by atoms with Gasteiger partial charge in [0.25, 0.3) is 0 Å². The zero-order chi connectivity index (χ0) is 32.1. The SMILES string of the molecule is CC(=O)OCC(=NN(C)C)[C@@]12N=C(C)O[C@@H]1C[C@H]1[C@@H]3CCC4=CC(=NOCCc5cccc(Br)c5)C=C[C@]4(C)[C@H]3[C@@H](O)C[C@@]12C. The largest absolute Gasteiger partial charge is 0.475 e. The molecule has 0 spiro atoms. The van der Waals surface area contributed by atoms with Gasteiger partial charge in [-0.25, -0.2) is 4.99 Å². The van der Waals surface area contributed by atoms with Crippen LogP contribution in [0.5, 0.6) is 0 Å². The Labute approximate surface area is 274 Å². The summed E-state index contributed by atoms with van der Waals surface area (Å²) in [6.07, 6.45) is 9.70. The lowest BCUT2D eigenvalue weighted by molar-refractivity contribution is -0.139. The Balaban J connectivity index is 1.25. The normalized spacial score (nSPS) is 37.5. The molecule has 1 aromatic carbocycles. The predicted octanol–water partition coefficient (Wildman–Crippen LogP) is 5.72. The third-order valence-corrected chi connectivity index (χ3v) is 11.6. The van der Waals surface area contributed by atoms with E-state index in [0.717, 1.165) is 35.9 Å².